The van der Waals surface area contributed by atoms with E-state index < -0.39 is 13.9 Å². The average Bonchev–Trinajstić information content (AvgIpc) is 2.51. The summed E-state index contributed by atoms with van der Waals surface area (Å²) < 4.78 is 1.57. The zero-order valence-electron chi connectivity index (χ0n) is 12.1. The largest absolute Gasteiger partial charge is 0.497 e. The number of methoxy groups -OCH3 is 1. The summed E-state index contributed by atoms with van der Waals surface area (Å²) in [5, 5.41) is 0. The zero-order chi connectivity index (χ0) is 18.0. The second-order valence-corrected chi connectivity index (χ2v) is 9.12. The highest BCUT2D eigenvalue weighted by molar-refractivity contribution is 6.77. The van der Waals surface area contributed by atoms with E-state index in [4.69, 9.17) is 74.3 Å². The molecule has 1 atom stereocenters. The predicted molar refractivity (Wildman–Crippen MR) is 104 cm³/mol. The lowest BCUT2D eigenvalue weighted by Crippen LogP contribution is -2.44. The van der Waals surface area contributed by atoms with Crippen LogP contribution in [-0.2, 0) is 0 Å². The van der Waals surface area contributed by atoms with Crippen molar-refractivity contribution in [3.05, 3.63) is 35.9 Å². The molecule has 1 aromatic rings. The first-order chi connectivity index (χ1) is 11.1. The van der Waals surface area contributed by atoms with Gasteiger partial charge in [-0.25, -0.2) is 9.98 Å². The van der Waals surface area contributed by atoms with Crippen LogP contribution < -0.4 is 4.74 Å². The number of halogens is 6. The van der Waals surface area contributed by atoms with Gasteiger partial charge in [-0.15, -0.1) is 0 Å². The fourth-order valence-electron chi connectivity index (χ4n) is 1.82. The van der Waals surface area contributed by atoms with Crippen LogP contribution in [0.3, 0.4) is 0 Å². The van der Waals surface area contributed by atoms with Crippen LogP contribution in [-0.4, -0.2) is 38.1 Å². The van der Waals surface area contributed by atoms with E-state index in [0.717, 1.165) is 11.3 Å². The number of benzene rings is 1. The fraction of sp³-hybridized carbons (Fsp3) is 0.286. The molecule has 2 rings (SSSR count). The van der Waals surface area contributed by atoms with Crippen molar-refractivity contribution < 1.29 is 4.74 Å². The molecule has 0 N–H and O–H groups in total. The third kappa shape index (κ3) is 5.32. The molecule has 1 unspecified atom stereocenters. The quantitative estimate of drug-likeness (QED) is 0.453. The lowest BCUT2D eigenvalue weighted by Gasteiger charge is -2.34. The molecule has 1 aliphatic rings. The molecule has 10 heteroatoms. The molecule has 0 aromatic heterocycles. The molecule has 0 radical (unpaired) electrons. The maximum absolute atomic E-state index is 5.94. The van der Waals surface area contributed by atoms with Crippen molar-refractivity contribution in [1.82, 2.24) is 4.90 Å². The summed E-state index contributed by atoms with van der Waals surface area (Å²) >= 11 is 35.3. The minimum absolute atomic E-state index is 0.00220. The van der Waals surface area contributed by atoms with Gasteiger partial charge in [0.05, 0.1) is 13.4 Å². The van der Waals surface area contributed by atoms with Crippen molar-refractivity contribution in [2.45, 2.75) is 13.9 Å². The monoisotopic (exact) mass is 447 g/mol. The van der Waals surface area contributed by atoms with Crippen LogP contribution >= 0.6 is 69.6 Å². The molecule has 1 heterocycles. The Balaban J connectivity index is 2.28. The predicted octanol–water partition coefficient (Wildman–Crippen LogP) is 5.47. The third-order valence-corrected chi connectivity index (χ3v) is 4.06. The molecule has 0 amide bonds. The van der Waals surface area contributed by atoms with Gasteiger partial charge in [-0.3, -0.25) is 4.90 Å². The van der Waals surface area contributed by atoms with Gasteiger partial charge in [0.2, 0.25) is 3.79 Å². The maximum atomic E-state index is 5.94. The van der Waals surface area contributed by atoms with Crippen LogP contribution in [0, 0.1) is 0 Å². The smallest absolute Gasteiger partial charge is 0.270 e. The Morgan fingerprint density at radius 1 is 1.08 bits per heavy atom. The molecular formula is C14H11Cl6N3O. The van der Waals surface area contributed by atoms with Crippen LogP contribution in [0.1, 0.15) is 5.56 Å². The fourth-order valence-corrected chi connectivity index (χ4v) is 2.54. The summed E-state index contributed by atoms with van der Waals surface area (Å²) in [6.45, 7) is 0. The van der Waals surface area contributed by atoms with E-state index in [1.165, 1.54) is 11.2 Å². The highest BCUT2D eigenvalue weighted by Gasteiger charge is 2.38. The van der Waals surface area contributed by atoms with Crippen LogP contribution in [0.5, 0.6) is 5.75 Å². The molecule has 0 saturated heterocycles. The molecule has 24 heavy (non-hydrogen) atoms. The van der Waals surface area contributed by atoms with Gasteiger partial charge in [0.15, 0.2) is 5.84 Å². The van der Waals surface area contributed by atoms with E-state index in [0.29, 0.717) is 0 Å². The molecule has 0 aliphatic carbocycles. The Labute approximate surface area is 169 Å². The third-order valence-electron chi connectivity index (χ3n) is 2.97. The normalized spacial score (nSPS) is 18.9. The summed E-state index contributed by atoms with van der Waals surface area (Å²) in [4.78, 5) is 9.46. The standard InChI is InChI=1S/C14H11Cl6N3O/c1-24-10-5-2-9(3-6-10)4-7-11-22-12(13(15,16)17)21-8-23(11)14(18,19)20/h2-8,11H,1H3. The van der Waals surface area contributed by atoms with Gasteiger partial charge < -0.3 is 4.74 Å². The Kier molecular flexibility index (Phi) is 6.57. The van der Waals surface area contributed by atoms with Gasteiger partial charge in [0.1, 0.15) is 11.9 Å². The number of alkyl halides is 6. The first kappa shape index (κ1) is 20.0. The van der Waals surface area contributed by atoms with E-state index in [9.17, 15) is 0 Å². The lowest BCUT2D eigenvalue weighted by atomic mass is 10.2. The van der Waals surface area contributed by atoms with Crippen molar-refractivity contribution in [3.63, 3.8) is 0 Å². The average molecular weight is 450 g/mol. The SMILES string of the molecule is COc1ccc(C=CC2N=C(C(Cl)(Cl)Cl)N=CN2C(Cl)(Cl)Cl)cc1. The van der Waals surface area contributed by atoms with E-state index in [1.807, 2.05) is 24.3 Å². The van der Waals surface area contributed by atoms with Crippen LogP contribution in [0.25, 0.3) is 6.08 Å². The Bertz CT molecular complexity index is 661. The second kappa shape index (κ2) is 7.90. The summed E-state index contributed by atoms with van der Waals surface area (Å²) in [6, 6.07) is 7.38. The van der Waals surface area contributed by atoms with E-state index in [-0.39, 0.29) is 5.84 Å². The summed E-state index contributed by atoms with van der Waals surface area (Å²) in [5.74, 6) is 0.749. The zero-order valence-corrected chi connectivity index (χ0v) is 16.7. The number of nitrogens with zero attached hydrogens (tertiary/aromatic N) is 3. The number of hydrogen-bond acceptors (Lipinski definition) is 4. The first-order valence-electron chi connectivity index (χ1n) is 6.48. The van der Waals surface area contributed by atoms with Gasteiger partial charge in [0, 0.05) is 0 Å². The van der Waals surface area contributed by atoms with Crippen molar-refractivity contribution in [3.8, 4) is 5.75 Å². The maximum Gasteiger partial charge on any atom is 0.270 e. The Morgan fingerprint density at radius 3 is 2.21 bits per heavy atom. The Hall–Kier alpha value is -0.360. The molecule has 0 saturated carbocycles. The van der Waals surface area contributed by atoms with Gasteiger partial charge >= 0.3 is 0 Å². The van der Waals surface area contributed by atoms with Crippen LogP contribution in [0.4, 0.5) is 0 Å². The first-order valence-corrected chi connectivity index (χ1v) is 8.74. The lowest BCUT2D eigenvalue weighted by molar-refractivity contribution is 0.378. The van der Waals surface area contributed by atoms with E-state index >= 15 is 0 Å². The number of ether oxygens (including phenoxy) is 1. The van der Waals surface area contributed by atoms with Crippen LogP contribution in [0.2, 0.25) is 0 Å². The molecule has 1 aliphatic heterocycles. The summed E-state index contributed by atoms with van der Waals surface area (Å²) in [5.41, 5.74) is 0.896. The number of rotatable bonds is 3. The van der Waals surface area contributed by atoms with Gasteiger partial charge in [-0.1, -0.05) is 87.8 Å². The van der Waals surface area contributed by atoms with Crippen LogP contribution in [0.15, 0.2) is 40.3 Å². The number of hydrogen-bond donors (Lipinski definition) is 0. The van der Waals surface area contributed by atoms with Crippen molar-refractivity contribution in [1.29, 1.82) is 0 Å². The highest BCUT2D eigenvalue weighted by atomic mass is 35.6. The molecular weight excluding hydrogens is 439 g/mol. The molecule has 4 nitrogen and oxygen atoms in total. The minimum Gasteiger partial charge on any atom is -0.497 e. The summed E-state index contributed by atoms with van der Waals surface area (Å²) in [7, 11) is 1.60. The molecule has 1 aromatic carbocycles. The van der Waals surface area contributed by atoms with Gasteiger partial charge in [0.25, 0.3) is 3.92 Å². The minimum atomic E-state index is -1.78. The van der Waals surface area contributed by atoms with Gasteiger partial charge in [-0.05, 0) is 23.8 Å². The van der Waals surface area contributed by atoms with E-state index in [1.54, 1.807) is 19.3 Å². The molecule has 0 spiro atoms. The Morgan fingerprint density at radius 2 is 1.71 bits per heavy atom. The van der Waals surface area contributed by atoms with Crippen molar-refractivity contribution in [2.24, 2.45) is 9.98 Å². The summed E-state index contributed by atoms with van der Waals surface area (Å²) in [6.07, 6.45) is 4.07. The topological polar surface area (TPSA) is 37.2 Å². The van der Waals surface area contributed by atoms with Gasteiger partial charge in [-0.2, -0.15) is 0 Å². The molecule has 0 fully saturated rings. The van der Waals surface area contributed by atoms with Crippen molar-refractivity contribution >= 4 is 87.9 Å². The number of aliphatic imine (C=N–C) groups is 2. The molecule has 130 valence electrons. The highest BCUT2D eigenvalue weighted by Crippen LogP contribution is 2.36. The molecule has 0 bridgehead atoms. The van der Waals surface area contributed by atoms with E-state index in [2.05, 4.69) is 9.98 Å². The van der Waals surface area contributed by atoms with Crippen molar-refractivity contribution in [2.75, 3.05) is 7.11 Å². The number of amidine groups is 1. The second-order valence-electron chi connectivity index (χ2n) is 4.62.